The van der Waals surface area contributed by atoms with Gasteiger partial charge in [-0.1, -0.05) is 15.9 Å². The number of nitrogens with one attached hydrogen (secondary N) is 1. The average Bonchev–Trinajstić information content (AvgIpc) is 3.01. The smallest absolute Gasteiger partial charge is 0.255 e. The van der Waals surface area contributed by atoms with Gasteiger partial charge in [-0.25, -0.2) is 0 Å². The lowest BCUT2D eigenvalue weighted by molar-refractivity contribution is 0.102. The summed E-state index contributed by atoms with van der Waals surface area (Å²) in [7, 11) is 3.82. The van der Waals surface area contributed by atoms with Crippen LogP contribution < -0.4 is 10.1 Å². The summed E-state index contributed by atoms with van der Waals surface area (Å²) in [5.41, 5.74) is 2.60. The average molecular weight is 389 g/mol. The highest BCUT2D eigenvalue weighted by atomic mass is 79.9. The highest BCUT2D eigenvalue weighted by Crippen LogP contribution is 2.35. The number of ether oxygens (including phenoxy) is 1. The second kappa shape index (κ2) is 7.36. The van der Waals surface area contributed by atoms with Crippen molar-refractivity contribution in [1.82, 2.24) is 4.90 Å². The van der Waals surface area contributed by atoms with Gasteiger partial charge in [0.1, 0.15) is 5.75 Å². The summed E-state index contributed by atoms with van der Waals surface area (Å²) in [6, 6.07) is 13.2. The van der Waals surface area contributed by atoms with E-state index in [4.69, 9.17) is 4.74 Å². The molecule has 1 unspecified atom stereocenters. The Morgan fingerprint density at radius 2 is 2.00 bits per heavy atom. The summed E-state index contributed by atoms with van der Waals surface area (Å²) in [6.45, 7) is 2.10. The van der Waals surface area contributed by atoms with Gasteiger partial charge in [0.25, 0.3) is 5.91 Å². The first-order valence-electron chi connectivity index (χ1n) is 8.00. The highest BCUT2D eigenvalue weighted by Gasteiger charge is 2.24. The van der Waals surface area contributed by atoms with Crippen molar-refractivity contribution in [3.63, 3.8) is 0 Å². The maximum absolute atomic E-state index is 12.4. The predicted molar refractivity (Wildman–Crippen MR) is 99.9 cm³/mol. The third kappa shape index (κ3) is 3.79. The Labute approximate surface area is 150 Å². The first-order valence-corrected chi connectivity index (χ1v) is 8.79. The standard InChI is InChI=1S/C19H21BrN2O2/c1-22-10-9-14(12-22)17-11-16(7-8-18(17)24-2)21-19(23)13-3-5-15(20)6-4-13/h3-8,11,14H,9-10,12H2,1-2H3,(H,21,23). The molecule has 24 heavy (non-hydrogen) atoms. The third-order valence-electron chi connectivity index (χ3n) is 4.43. The van der Waals surface area contributed by atoms with Crippen LogP contribution in [0.5, 0.6) is 5.75 Å². The Hall–Kier alpha value is -1.85. The normalized spacial score (nSPS) is 17.7. The lowest BCUT2D eigenvalue weighted by Gasteiger charge is -2.17. The van der Waals surface area contributed by atoms with E-state index >= 15 is 0 Å². The molecule has 0 aliphatic carbocycles. The van der Waals surface area contributed by atoms with Gasteiger partial charge in [-0.15, -0.1) is 0 Å². The summed E-state index contributed by atoms with van der Waals surface area (Å²) in [6.07, 6.45) is 1.11. The molecule has 1 N–H and O–H groups in total. The molecule has 2 aromatic rings. The number of methoxy groups -OCH3 is 1. The number of carbonyl (C=O) groups excluding carboxylic acids is 1. The quantitative estimate of drug-likeness (QED) is 0.855. The number of benzene rings is 2. The van der Waals surface area contributed by atoms with Gasteiger partial charge >= 0.3 is 0 Å². The molecule has 1 saturated heterocycles. The van der Waals surface area contributed by atoms with E-state index in [1.165, 1.54) is 0 Å². The zero-order valence-electron chi connectivity index (χ0n) is 13.9. The summed E-state index contributed by atoms with van der Waals surface area (Å²) >= 11 is 3.38. The van der Waals surface area contributed by atoms with Crippen molar-refractivity contribution in [2.75, 3.05) is 32.6 Å². The molecule has 0 spiro atoms. The van der Waals surface area contributed by atoms with E-state index in [-0.39, 0.29) is 5.91 Å². The van der Waals surface area contributed by atoms with Crippen LogP contribution in [-0.4, -0.2) is 38.1 Å². The molecule has 2 aromatic carbocycles. The number of hydrogen-bond acceptors (Lipinski definition) is 3. The minimum Gasteiger partial charge on any atom is -0.496 e. The van der Waals surface area contributed by atoms with Crippen molar-refractivity contribution in [2.45, 2.75) is 12.3 Å². The zero-order chi connectivity index (χ0) is 17.1. The number of anilines is 1. The number of rotatable bonds is 4. The van der Waals surface area contributed by atoms with Crippen LogP contribution in [0.25, 0.3) is 0 Å². The molecular weight excluding hydrogens is 368 g/mol. The van der Waals surface area contributed by atoms with Crippen LogP contribution in [0.3, 0.4) is 0 Å². The van der Waals surface area contributed by atoms with Gasteiger partial charge in [-0.2, -0.15) is 0 Å². The Balaban J connectivity index is 1.81. The van der Waals surface area contributed by atoms with Gasteiger partial charge in [-0.05, 0) is 62.5 Å². The highest BCUT2D eigenvalue weighted by molar-refractivity contribution is 9.10. The van der Waals surface area contributed by atoms with E-state index in [2.05, 4.69) is 33.2 Å². The molecule has 0 aromatic heterocycles. The molecule has 1 atom stereocenters. The first kappa shape index (κ1) is 17.0. The molecule has 0 radical (unpaired) electrons. The number of likely N-dealkylation sites (N-methyl/N-ethyl adjacent to an activating group) is 1. The number of carbonyl (C=O) groups is 1. The van der Waals surface area contributed by atoms with Crippen molar-refractivity contribution in [3.05, 3.63) is 58.1 Å². The van der Waals surface area contributed by atoms with E-state index in [0.29, 0.717) is 11.5 Å². The fourth-order valence-corrected chi connectivity index (χ4v) is 3.39. The minimum absolute atomic E-state index is 0.109. The van der Waals surface area contributed by atoms with E-state index < -0.39 is 0 Å². The molecule has 3 rings (SSSR count). The van der Waals surface area contributed by atoms with Crippen LogP contribution >= 0.6 is 15.9 Å². The van der Waals surface area contributed by atoms with Crippen molar-refractivity contribution in [3.8, 4) is 5.75 Å². The molecular formula is C19H21BrN2O2. The molecule has 1 heterocycles. The maximum Gasteiger partial charge on any atom is 0.255 e. The maximum atomic E-state index is 12.4. The SMILES string of the molecule is COc1ccc(NC(=O)c2ccc(Br)cc2)cc1C1CCN(C)C1. The van der Waals surface area contributed by atoms with Crippen LogP contribution in [0.2, 0.25) is 0 Å². The van der Waals surface area contributed by atoms with Gasteiger partial charge in [0.2, 0.25) is 0 Å². The minimum atomic E-state index is -0.109. The largest absolute Gasteiger partial charge is 0.496 e. The molecule has 4 nitrogen and oxygen atoms in total. The molecule has 1 amide bonds. The molecule has 1 aliphatic rings. The number of amides is 1. The Kier molecular flexibility index (Phi) is 5.21. The fourth-order valence-electron chi connectivity index (χ4n) is 3.12. The number of likely N-dealkylation sites (tertiary alicyclic amines) is 1. The van der Waals surface area contributed by atoms with Crippen molar-refractivity contribution < 1.29 is 9.53 Å². The Morgan fingerprint density at radius 1 is 1.25 bits per heavy atom. The summed E-state index contributed by atoms with van der Waals surface area (Å²) in [5.74, 6) is 1.22. The molecule has 1 fully saturated rings. The third-order valence-corrected chi connectivity index (χ3v) is 4.95. The van der Waals surface area contributed by atoms with E-state index in [9.17, 15) is 4.79 Å². The molecule has 1 aliphatic heterocycles. The monoisotopic (exact) mass is 388 g/mol. The van der Waals surface area contributed by atoms with Gasteiger partial charge in [0.05, 0.1) is 7.11 Å². The molecule has 0 saturated carbocycles. The second-order valence-corrected chi connectivity index (χ2v) is 7.08. The lowest BCUT2D eigenvalue weighted by Crippen LogP contribution is -2.14. The topological polar surface area (TPSA) is 41.6 Å². The lowest BCUT2D eigenvalue weighted by atomic mass is 9.96. The summed E-state index contributed by atoms with van der Waals surface area (Å²) in [5, 5.41) is 2.98. The molecule has 0 bridgehead atoms. The Morgan fingerprint density at radius 3 is 2.62 bits per heavy atom. The number of nitrogens with zero attached hydrogens (tertiary/aromatic N) is 1. The molecule has 126 valence electrons. The van der Waals surface area contributed by atoms with Crippen LogP contribution in [0, 0.1) is 0 Å². The van der Waals surface area contributed by atoms with Crippen LogP contribution in [-0.2, 0) is 0 Å². The van der Waals surface area contributed by atoms with Gasteiger partial charge in [0, 0.05) is 33.7 Å². The van der Waals surface area contributed by atoms with Gasteiger partial charge < -0.3 is 15.0 Å². The fraction of sp³-hybridized carbons (Fsp3) is 0.316. The zero-order valence-corrected chi connectivity index (χ0v) is 15.5. The second-order valence-electron chi connectivity index (χ2n) is 6.17. The molecule has 5 heteroatoms. The van der Waals surface area contributed by atoms with Gasteiger partial charge in [0.15, 0.2) is 0 Å². The predicted octanol–water partition coefficient (Wildman–Crippen LogP) is 4.13. The Bertz CT molecular complexity index is 731. The van der Waals surface area contributed by atoms with Crippen LogP contribution in [0.1, 0.15) is 28.3 Å². The summed E-state index contributed by atoms with van der Waals surface area (Å²) in [4.78, 5) is 14.7. The first-order chi connectivity index (χ1) is 11.6. The van der Waals surface area contributed by atoms with Crippen LogP contribution in [0.15, 0.2) is 46.9 Å². The van der Waals surface area contributed by atoms with E-state index in [0.717, 1.165) is 41.0 Å². The summed E-state index contributed by atoms with van der Waals surface area (Å²) < 4.78 is 6.47. The van der Waals surface area contributed by atoms with Gasteiger partial charge in [-0.3, -0.25) is 4.79 Å². The van der Waals surface area contributed by atoms with Crippen molar-refractivity contribution in [1.29, 1.82) is 0 Å². The van der Waals surface area contributed by atoms with E-state index in [1.807, 2.05) is 30.3 Å². The van der Waals surface area contributed by atoms with Crippen LogP contribution in [0.4, 0.5) is 5.69 Å². The van der Waals surface area contributed by atoms with Crippen molar-refractivity contribution >= 4 is 27.5 Å². The van der Waals surface area contributed by atoms with Crippen molar-refractivity contribution in [2.24, 2.45) is 0 Å². The van der Waals surface area contributed by atoms with E-state index in [1.54, 1.807) is 19.2 Å². The number of halogens is 1. The number of hydrogen-bond donors (Lipinski definition) is 1.